The fourth-order valence-corrected chi connectivity index (χ4v) is 2.69. The van der Waals surface area contributed by atoms with Crippen molar-refractivity contribution in [2.45, 2.75) is 47.0 Å². The van der Waals surface area contributed by atoms with Crippen molar-refractivity contribution in [3.05, 3.63) is 34.4 Å². The largest absolute Gasteiger partial charge is 0.481 e. The normalized spacial score (nSPS) is 14.1. The monoisotopic (exact) mass is 277 g/mol. The van der Waals surface area contributed by atoms with Crippen molar-refractivity contribution >= 4 is 5.97 Å². The Labute approximate surface area is 122 Å². The van der Waals surface area contributed by atoms with Gasteiger partial charge in [0.2, 0.25) is 0 Å². The van der Waals surface area contributed by atoms with Crippen LogP contribution in [0.25, 0.3) is 0 Å². The number of aliphatic carboxylic acids is 1. The van der Waals surface area contributed by atoms with Crippen LogP contribution < -0.4 is 5.73 Å². The van der Waals surface area contributed by atoms with Gasteiger partial charge in [-0.05, 0) is 68.2 Å². The second-order valence-electron chi connectivity index (χ2n) is 5.95. The highest BCUT2D eigenvalue weighted by atomic mass is 16.4. The van der Waals surface area contributed by atoms with Gasteiger partial charge in [0.25, 0.3) is 0 Å². The fraction of sp³-hybridized carbons (Fsp3) is 0.588. The van der Waals surface area contributed by atoms with Crippen LogP contribution in [0.15, 0.2) is 12.1 Å². The van der Waals surface area contributed by atoms with Gasteiger partial charge in [-0.15, -0.1) is 0 Å². The van der Waals surface area contributed by atoms with Crippen molar-refractivity contribution in [2.24, 2.45) is 17.6 Å². The molecule has 112 valence electrons. The van der Waals surface area contributed by atoms with Crippen molar-refractivity contribution in [2.75, 3.05) is 6.54 Å². The van der Waals surface area contributed by atoms with Gasteiger partial charge in [0.1, 0.15) is 0 Å². The average Bonchev–Trinajstić information content (AvgIpc) is 2.40. The van der Waals surface area contributed by atoms with E-state index in [0.29, 0.717) is 12.3 Å². The fourth-order valence-electron chi connectivity index (χ4n) is 2.69. The molecular weight excluding hydrogens is 250 g/mol. The summed E-state index contributed by atoms with van der Waals surface area (Å²) in [5, 5.41) is 9.05. The minimum atomic E-state index is -0.776. The molecule has 0 amide bonds. The van der Waals surface area contributed by atoms with E-state index in [1.165, 1.54) is 22.3 Å². The maximum atomic E-state index is 11.0. The van der Waals surface area contributed by atoms with Gasteiger partial charge >= 0.3 is 5.97 Å². The lowest BCUT2D eigenvalue weighted by molar-refractivity contribution is -0.141. The van der Waals surface area contributed by atoms with Crippen LogP contribution in [0.2, 0.25) is 0 Å². The van der Waals surface area contributed by atoms with Gasteiger partial charge in [-0.25, -0.2) is 0 Å². The van der Waals surface area contributed by atoms with Crippen molar-refractivity contribution in [1.29, 1.82) is 0 Å². The van der Waals surface area contributed by atoms with Crippen LogP contribution in [0.4, 0.5) is 0 Å². The Morgan fingerprint density at radius 3 is 2.40 bits per heavy atom. The Morgan fingerprint density at radius 2 is 1.85 bits per heavy atom. The highest BCUT2D eigenvalue weighted by Crippen LogP contribution is 2.23. The van der Waals surface area contributed by atoms with Crippen LogP contribution in [0.5, 0.6) is 0 Å². The third-order valence-electron chi connectivity index (χ3n) is 4.31. The number of carboxylic acid groups (broad SMARTS) is 1. The van der Waals surface area contributed by atoms with Crippen molar-refractivity contribution in [3.8, 4) is 0 Å². The smallest absolute Gasteiger partial charge is 0.307 e. The summed E-state index contributed by atoms with van der Waals surface area (Å²) in [6.07, 6.45) is 2.68. The SMILES string of the molecule is Cc1ccc(C)c(CCC(C)CC(CN)C(=O)O)c1C. The van der Waals surface area contributed by atoms with Gasteiger partial charge in [0, 0.05) is 6.54 Å². The number of nitrogens with two attached hydrogens (primary N) is 1. The van der Waals surface area contributed by atoms with E-state index in [-0.39, 0.29) is 6.54 Å². The average molecular weight is 277 g/mol. The Hall–Kier alpha value is -1.35. The zero-order valence-electron chi connectivity index (χ0n) is 13.1. The van der Waals surface area contributed by atoms with Gasteiger partial charge < -0.3 is 10.8 Å². The van der Waals surface area contributed by atoms with Gasteiger partial charge in [-0.3, -0.25) is 4.79 Å². The lowest BCUT2D eigenvalue weighted by Gasteiger charge is -2.18. The number of hydrogen-bond donors (Lipinski definition) is 2. The molecule has 0 aliphatic carbocycles. The molecule has 0 fully saturated rings. The molecule has 1 rings (SSSR count). The third-order valence-corrected chi connectivity index (χ3v) is 4.31. The Morgan fingerprint density at radius 1 is 1.25 bits per heavy atom. The van der Waals surface area contributed by atoms with Crippen LogP contribution in [0.1, 0.15) is 42.0 Å². The zero-order chi connectivity index (χ0) is 15.3. The van der Waals surface area contributed by atoms with Crippen LogP contribution in [0, 0.1) is 32.6 Å². The van der Waals surface area contributed by atoms with Gasteiger partial charge in [0.15, 0.2) is 0 Å². The first kappa shape index (κ1) is 16.7. The molecule has 0 saturated heterocycles. The highest BCUT2D eigenvalue weighted by Gasteiger charge is 2.19. The maximum Gasteiger partial charge on any atom is 0.307 e. The van der Waals surface area contributed by atoms with Crippen LogP contribution in [-0.4, -0.2) is 17.6 Å². The number of benzene rings is 1. The molecule has 0 saturated carbocycles. The van der Waals surface area contributed by atoms with Crippen molar-refractivity contribution < 1.29 is 9.90 Å². The van der Waals surface area contributed by atoms with Gasteiger partial charge in [-0.1, -0.05) is 19.1 Å². The molecular formula is C17H27NO2. The number of carboxylic acids is 1. The second-order valence-corrected chi connectivity index (χ2v) is 5.95. The molecule has 0 bridgehead atoms. The summed E-state index contributed by atoms with van der Waals surface area (Å²) in [7, 11) is 0. The third kappa shape index (κ3) is 4.34. The molecule has 1 aromatic rings. The molecule has 2 atom stereocenters. The summed E-state index contributed by atoms with van der Waals surface area (Å²) >= 11 is 0. The van der Waals surface area contributed by atoms with Crippen LogP contribution in [-0.2, 0) is 11.2 Å². The molecule has 0 spiro atoms. The van der Waals surface area contributed by atoms with Crippen molar-refractivity contribution in [1.82, 2.24) is 0 Å². The number of aryl methyl sites for hydroxylation is 2. The van der Waals surface area contributed by atoms with Crippen LogP contribution >= 0.6 is 0 Å². The minimum absolute atomic E-state index is 0.224. The predicted octanol–water partition coefficient (Wildman–Crippen LogP) is 3.23. The summed E-state index contributed by atoms with van der Waals surface area (Å²) < 4.78 is 0. The molecule has 0 radical (unpaired) electrons. The second kappa shape index (κ2) is 7.44. The molecule has 0 aliphatic rings. The summed E-state index contributed by atoms with van der Waals surface area (Å²) in [6, 6.07) is 4.33. The van der Waals surface area contributed by atoms with E-state index in [4.69, 9.17) is 10.8 Å². The molecule has 1 aromatic carbocycles. The van der Waals surface area contributed by atoms with Gasteiger partial charge in [0.05, 0.1) is 5.92 Å². The minimum Gasteiger partial charge on any atom is -0.481 e. The topological polar surface area (TPSA) is 63.3 Å². The number of hydrogen-bond acceptors (Lipinski definition) is 2. The lowest BCUT2D eigenvalue weighted by atomic mass is 9.88. The summed E-state index contributed by atoms with van der Waals surface area (Å²) in [5.41, 5.74) is 10.9. The zero-order valence-corrected chi connectivity index (χ0v) is 13.1. The van der Waals surface area contributed by atoms with E-state index in [9.17, 15) is 4.79 Å². The first-order valence-electron chi connectivity index (χ1n) is 7.35. The molecule has 3 heteroatoms. The number of rotatable bonds is 7. The predicted molar refractivity (Wildman–Crippen MR) is 82.9 cm³/mol. The van der Waals surface area contributed by atoms with Crippen molar-refractivity contribution in [3.63, 3.8) is 0 Å². The summed E-state index contributed by atoms with van der Waals surface area (Å²) in [6.45, 7) is 8.79. The quantitative estimate of drug-likeness (QED) is 0.804. The van der Waals surface area contributed by atoms with E-state index >= 15 is 0 Å². The number of carbonyl (C=O) groups is 1. The Balaban J connectivity index is 2.63. The molecule has 3 N–H and O–H groups in total. The standard InChI is InChI=1S/C17H27NO2/c1-11(9-15(10-18)17(19)20)5-8-16-13(3)7-6-12(2)14(16)4/h6-7,11,15H,5,8-10,18H2,1-4H3,(H,19,20). The van der Waals surface area contributed by atoms with E-state index < -0.39 is 11.9 Å². The molecule has 0 aliphatic heterocycles. The van der Waals surface area contributed by atoms with E-state index in [1.54, 1.807) is 0 Å². The van der Waals surface area contributed by atoms with E-state index in [0.717, 1.165) is 12.8 Å². The first-order valence-corrected chi connectivity index (χ1v) is 7.35. The summed E-state index contributed by atoms with van der Waals surface area (Å²) in [4.78, 5) is 11.0. The van der Waals surface area contributed by atoms with Crippen LogP contribution in [0.3, 0.4) is 0 Å². The summed E-state index contributed by atoms with van der Waals surface area (Å²) in [5.74, 6) is -0.814. The Kier molecular flexibility index (Phi) is 6.21. The highest BCUT2D eigenvalue weighted by molar-refractivity contribution is 5.70. The van der Waals surface area contributed by atoms with Gasteiger partial charge in [-0.2, -0.15) is 0 Å². The molecule has 0 aromatic heterocycles. The van der Waals surface area contributed by atoms with E-state index in [2.05, 4.69) is 39.8 Å². The molecule has 20 heavy (non-hydrogen) atoms. The van der Waals surface area contributed by atoms with E-state index in [1.807, 2.05) is 0 Å². The Bertz CT molecular complexity index is 468. The molecule has 0 heterocycles. The molecule has 2 unspecified atom stereocenters. The maximum absolute atomic E-state index is 11.0. The lowest BCUT2D eigenvalue weighted by Crippen LogP contribution is -2.25. The first-order chi connectivity index (χ1) is 9.36. The molecule has 3 nitrogen and oxygen atoms in total.